The molecule has 0 saturated heterocycles. The minimum atomic E-state index is -0.583. The molecule has 0 aliphatic rings. The predicted molar refractivity (Wildman–Crippen MR) is 238 cm³/mol. The van der Waals surface area contributed by atoms with Crippen molar-refractivity contribution in [3.63, 3.8) is 0 Å². The fourth-order valence-electron chi connectivity index (χ4n) is 5.91. The Labute approximate surface area is 377 Å². The summed E-state index contributed by atoms with van der Waals surface area (Å²) >= 11 is 0. The fourth-order valence-corrected chi connectivity index (χ4v) is 5.91. The zero-order chi connectivity index (χ0) is 46.2. The van der Waals surface area contributed by atoms with Crippen LogP contribution in [0.25, 0.3) is 33.3 Å². The summed E-state index contributed by atoms with van der Waals surface area (Å²) in [6.45, 7) is 7.68. The maximum atomic E-state index is 12.3. The van der Waals surface area contributed by atoms with Crippen molar-refractivity contribution < 1.29 is 62.1 Å². The second-order valence-corrected chi connectivity index (χ2v) is 14.0. The minimum absolute atomic E-state index is 0.0741. The van der Waals surface area contributed by atoms with Crippen LogP contribution < -0.4 is 21.7 Å². The third-order valence-electron chi connectivity index (χ3n) is 9.09. The molecule has 3 amide bonds. The normalized spacial score (nSPS) is 11.2. The Bertz CT molecular complexity index is 2020. The number of carbonyl (C=O) groups excluding carboxylic acids is 3. The number of hydrogen-bond donors (Lipinski definition) is 6. The molecular formula is C43H63N9O13. The number of benzene rings is 1. The maximum Gasteiger partial charge on any atom is 0.408 e. The molecule has 0 bridgehead atoms. The van der Waals surface area contributed by atoms with Gasteiger partial charge in [0, 0.05) is 49.9 Å². The zero-order valence-electron chi connectivity index (χ0n) is 36.9. The van der Waals surface area contributed by atoms with Crippen molar-refractivity contribution in [3.8, 4) is 29.5 Å². The molecule has 0 aliphatic heterocycles. The predicted octanol–water partition coefficient (Wildman–Crippen LogP) is 1.55. The molecule has 7 N–H and O–H groups in total. The number of alkyl carbamates (subject to hydrolysis) is 1. The number of anilines is 1. The topological polar surface area (TPSA) is 276 Å². The molecule has 358 valence electrons. The van der Waals surface area contributed by atoms with Crippen molar-refractivity contribution in [2.45, 2.75) is 32.2 Å². The molecule has 22 nitrogen and oxygen atoms in total. The van der Waals surface area contributed by atoms with E-state index in [9.17, 15) is 19.5 Å². The molecule has 0 unspecified atom stereocenters. The number of ether oxygens (including phenoxy) is 9. The number of nitrogen functional groups attached to an aromatic ring is 1. The lowest BCUT2D eigenvalue weighted by atomic mass is 10.2. The molecule has 22 heteroatoms. The molecule has 0 spiro atoms. The monoisotopic (exact) mass is 913 g/mol. The van der Waals surface area contributed by atoms with E-state index >= 15 is 0 Å². The number of nitrogens with one attached hydrogen (secondary N) is 4. The Morgan fingerprint density at radius 1 is 0.692 bits per heavy atom. The van der Waals surface area contributed by atoms with E-state index in [1.807, 2.05) is 6.07 Å². The second-order valence-electron chi connectivity index (χ2n) is 14.0. The van der Waals surface area contributed by atoms with Gasteiger partial charge in [-0.1, -0.05) is 5.92 Å². The first-order chi connectivity index (χ1) is 31.9. The summed E-state index contributed by atoms with van der Waals surface area (Å²) in [5.74, 6) is 2.50. The highest BCUT2D eigenvalue weighted by molar-refractivity contribution is 6.00. The molecule has 4 rings (SSSR count). The Morgan fingerprint density at radius 3 is 1.82 bits per heavy atom. The standard InChI is InChI=1S/C43H63N9O13/c1-2-13-65-43(56)47-11-17-60-21-25-64-29-27-62-23-19-58-15-8-38(55)46-10-16-59-20-24-63-28-26-61-22-18-57-14-7-37(54)45-9-3-4-12-52-42-39(41(44)48-32-49-42)40(51-52)36-31-33-30-34(53)5-6-35(33)50-36/h1,5-6,30-32,50,53H,3-4,7-29H2,(H,45,54)(H,46,55)(H,47,56)(H2,44,48,49). The largest absolute Gasteiger partial charge is 0.508 e. The number of aryl methyl sites for hydroxylation is 1. The van der Waals surface area contributed by atoms with Crippen LogP contribution in [0.1, 0.15) is 25.7 Å². The smallest absolute Gasteiger partial charge is 0.408 e. The van der Waals surface area contributed by atoms with E-state index in [-0.39, 0.29) is 43.6 Å². The summed E-state index contributed by atoms with van der Waals surface area (Å²) in [5.41, 5.74) is 9.10. The van der Waals surface area contributed by atoms with Gasteiger partial charge in [0.15, 0.2) is 12.3 Å². The van der Waals surface area contributed by atoms with Crippen molar-refractivity contribution in [1.29, 1.82) is 0 Å². The number of amides is 3. The van der Waals surface area contributed by atoms with Gasteiger partial charge in [-0.15, -0.1) is 6.42 Å². The third-order valence-corrected chi connectivity index (χ3v) is 9.09. The van der Waals surface area contributed by atoms with Gasteiger partial charge in [-0.05, 0) is 37.1 Å². The molecule has 0 atom stereocenters. The van der Waals surface area contributed by atoms with Crippen molar-refractivity contribution in [2.75, 3.05) is 138 Å². The number of fused-ring (bicyclic) bond motifs is 2. The Kier molecular flexibility index (Phi) is 25.7. The number of phenols is 1. The van der Waals surface area contributed by atoms with Crippen molar-refractivity contribution in [1.82, 2.24) is 40.7 Å². The van der Waals surface area contributed by atoms with Gasteiger partial charge >= 0.3 is 6.09 Å². The molecule has 0 radical (unpaired) electrons. The molecule has 65 heavy (non-hydrogen) atoms. The van der Waals surface area contributed by atoms with Crippen LogP contribution in [0.2, 0.25) is 0 Å². The van der Waals surface area contributed by atoms with Crippen LogP contribution in [-0.2, 0) is 58.8 Å². The molecule has 1 aromatic carbocycles. The van der Waals surface area contributed by atoms with Crippen LogP contribution in [0, 0.1) is 12.3 Å². The van der Waals surface area contributed by atoms with Gasteiger partial charge in [-0.25, -0.2) is 19.4 Å². The summed E-state index contributed by atoms with van der Waals surface area (Å²) in [5, 5.41) is 24.4. The van der Waals surface area contributed by atoms with Crippen molar-refractivity contribution in [2.24, 2.45) is 0 Å². The molecule has 0 fully saturated rings. The number of unbranched alkanes of at least 4 members (excludes halogenated alkanes) is 1. The average molecular weight is 914 g/mol. The number of carbonyl (C=O) groups is 3. The number of hydrogen-bond acceptors (Lipinski definition) is 17. The molecule has 3 aromatic heterocycles. The molecule has 4 aromatic rings. The number of H-pyrrole nitrogens is 1. The van der Waals surface area contributed by atoms with Crippen LogP contribution >= 0.6 is 0 Å². The van der Waals surface area contributed by atoms with Crippen LogP contribution in [0.3, 0.4) is 0 Å². The highest BCUT2D eigenvalue weighted by Gasteiger charge is 2.19. The number of nitrogens with zero attached hydrogens (tertiary/aromatic N) is 4. The summed E-state index contributed by atoms with van der Waals surface area (Å²) in [6, 6.07) is 7.01. The highest BCUT2D eigenvalue weighted by atomic mass is 16.6. The number of aromatic amines is 1. The molecular weight excluding hydrogens is 851 g/mol. The van der Waals surface area contributed by atoms with Crippen LogP contribution in [0.4, 0.5) is 10.6 Å². The van der Waals surface area contributed by atoms with E-state index in [0.29, 0.717) is 148 Å². The van der Waals surface area contributed by atoms with E-state index in [0.717, 1.165) is 29.4 Å². The lowest BCUT2D eigenvalue weighted by Gasteiger charge is -2.09. The zero-order valence-corrected chi connectivity index (χ0v) is 36.9. The van der Waals surface area contributed by atoms with E-state index in [1.165, 1.54) is 6.33 Å². The van der Waals surface area contributed by atoms with E-state index in [4.69, 9.17) is 55.2 Å². The van der Waals surface area contributed by atoms with Crippen LogP contribution in [0.15, 0.2) is 30.6 Å². The second kappa shape index (κ2) is 32.1. The fraction of sp³-hybridized carbons (Fsp3) is 0.581. The van der Waals surface area contributed by atoms with E-state index < -0.39 is 6.09 Å². The van der Waals surface area contributed by atoms with Gasteiger partial charge in [0.2, 0.25) is 11.8 Å². The third kappa shape index (κ3) is 21.3. The lowest BCUT2D eigenvalue weighted by Crippen LogP contribution is -2.28. The molecule has 3 heterocycles. The van der Waals surface area contributed by atoms with Gasteiger partial charge in [-0.3, -0.25) is 9.59 Å². The summed E-state index contributed by atoms with van der Waals surface area (Å²) in [7, 11) is 0. The first-order valence-electron chi connectivity index (χ1n) is 21.6. The number of aromatic hydroxyl groups is 1. The number of terminal acetylenes is 1. The first kappa shape index (κ1) is 52.0. The number of nitrogens with two attached hydrogens (primary N) is 1. The van der Waals surface area contributed by atoms with Crippen LogP contribution in [0.5, 0.6) is 5.75 Å². The first-order valence-corrected chi connectivity index (χ1v) is 21.6. The quantitative estimate of drug-likeness (QED) is 0.0277. The SMILES string of the molecule is C#CCOC(=O)NCCOCCOCCOCCOCCC(=O)NCCOCCOCCOCCOCCC(=O)NCCCCn1nc(-c2cc3cc(O)ccc3[nH]2)c2c(N)ncnc21. The highest BCUT2D eigenvalue weighted by Crippen LogP contribution is 2.32. The molecule has 0 aliphatic carbocycles. The van der Waals surface area contributed by atoms with Gasteiger partial charge in [0.05, 0.1) is 117 Å². The Balaban J connectivity index is 0.853. The average Bonchev–Trinajstić information content (AvgIpc) is 3.90. The van der Waals surface area contributed by atoms with Gasteiger partial charge < -0.3 is 74.4 Å². The number of aromatic nitrogens is 5. The van der Waals surface area contributed by atoms with Gasteiger partial charge in [0.25, 0.3) is 0 Å². The number of rotatable bonds is 37. The maximum absolute atomic E-state index is 12.3. The number of phenolic OH excluding ortho intramolecular Hbond substituents is 1. The summed E-state index contributed by atoms with van der Waals surface area (Å²) < 4.78 is 50.0. The minimum Gasteiger partial charge on any atom is -0.508 e. The molecule has 0 saturated carbocycles. The lowest BCUT2D eigenvalue weighted by molar-refractivity contribution is -0.123. The van der Waals surface area contributed by atoms with Crippen molar-refractivity contribution in [3.05, 3.63) is 30.6 Å². The van der Waals surface area contributed by atoms with E-state index in [1.54, 1.807) is 22.9 Å². The van der Waals surface area contributed by atoms with Gasteiger partial charge in [0.1, 0.15) is 23.6 Å². The van der Waals surface area contributed by atoms with Gasteiger partial charge in [-0.2, -0.15) is 5.10 Å². The Morgan fingerprint density at radius 2 is 1.23 bits per heavy atom. The summed E-state index contributed by atoms with van der Waals surface area (Å²) in [6.07, 6.45) is 7.81. The van der Waals surface area contributed by atoms with Crippen molar-refractivity contribution >= 4 is 45.7 Å². The summed E-state index contributed by atoms with van der Waals surface area (Å²) in [4.78, 5) is 47.3. The van der Waals surface area contributed by atoms with E-state index in [2.05, 4.69) is 41.6 Å². The Hall–Kier alpha value is -5.64. The van der Waals surface area contributed by atoms with Crippen LogP contribution in [-0.4, -0.2) is 180 Å².